The fourth-order valence-electron chi connectivity index (χ4n) is 2.97. The smallest absolute Gasteiger partial charge is 0.123 e. The molecule has 0 bridgehead atoms. The molecule has 108 valence electrons. The number of para-hydroxylation sites is 1. The van der Waals surface area contributed by atoms with Gasteiger partial charge in [0.2, 0.25) is 0 Å². The van der Waals surface area contributed by atoms with Crippen LogP contribution in [0.2, 0.25) is 0 Å². The average Bonchev–Trinajstić information content (AvgIpc) is 2.83. The lowest BCUT2D eigenvalue weighted by molar-refractivity contribution is 0.621. The Morgan fingerprint density at radius 1 is 1.14 bits per heavy atom. The van der Waals surface area contributed by atoms with E-state index in [0.29, 0.717) is 6.54 Å². The summed E-state index contributed by atoms with van der Waals surface area (Å²) in [5, 5.41) is 1.23. The van der Waals surface area contributed by atoms with Crippen LogP contribution in [0.1, 0.15) is 17.0 Å². The second-order valence-electron chi connectivity index (χ2n) is 5.48. The molecule has 1 atom stereocenters. The summed E-state index contributed by atoms with van der Waals surface area (Å²) in [4.78, 5) is 0. The predicted octanol–water partition coefficient (Wildman–Crippen LogP) is 3.60. The Morgan fingerprint density at radius 3 is 2.71 bits per heavy atom. The van der Waals surface area contributed by atoms with Gasteiger partial charge in [-0.2, -0.15) is 0 Å². The van der Waals surface area contributed by atoms with Gasteiger partial charge < -0.3 is 10.3 Å². The zero-order chi connectivity index (χ0) is 14.8. The minimum absolute atomic E-state index is 0.192. The zero-order valence-electron chi connectivity index (χ0n) is 12.1. The molecule has 0 saturated carbocycles. The maximum Gasteiger partial charge on any atom is 0.123 e. The van der Waals surface area contributed by atoms with Crippen LogP contribution in [0.15, 0.2) is 54.7 Å². The van der Waals surface area contributed by atoms with Crippen molar-refractivity contribution in [1.29, 1.82) is 0 Å². The zero-order valence-corrected chi connectivity index (χ0v) is 12.1. The van der Waals surface area contributed by atoms with Crippen molar-refractivity contribution in [2.75, 3.05) is 6.54 Å². The van der Waals surface area contributed by atoms with Crippen molar-refractivity contribution in [3.05, 3.63) is 71.7 Å². The summed E-state index contributed by atoms with van der Waals surface area (Å²) in [6, 6.07) is 15.1. The molecule has 21 heavy (non-hydrogen) atoms. The molecule has 3 rings (SSSR count). The highest BCUT2D eigenvalue weighted by atomic mass is 19.1. The predicted molar refractivity (Wildman–Crippen MR) is 84.8 cm³/mol. The summed E-state index contributed by atoms with van der Waals surface area (Å²) in [5.74, 6) is -0.000842. The molecule has 0 aliphatic rings. The summed E-state index contributed by atoms with van der Waals surface area (Å²) >= 11 is 0. The Kier molecular flexibility index (Phi) is 3.76. The van der Waals surface area contributed by atoms with Crippen LogP contribution in [0.25, 0.3) is 10.9 Å². The molecule has 2 nitrogen and oxygen atoms in total. The van der Waals surface area contributed by atoms with Gasteiger partial charge in [-0.1, -0.05) is 30.3 Å². The van der Waals surface area contributed by atoms with E-state index in [0.717, 1.165) is 12.0 Å². The lowest BCUT2D eigenvalue weighted by Crippen LogP contribution is -2.15. The lowest BCUT2D eigenvalue weighted by Gasteiger charge is -2.14. The number of hydrogen-bond donors (Lipinski definition) is 1. The van der Waals surface area contributed by atoms with Crippen molar-refractivity contribution in [2.24, 2.45) is 12.8 Å². The first kappa shape index (κ1) is 13.8. The Morgan fingerprint density at radius 2 is 1.95 bits per heavy atom. The molecule has 2 aromatic carbocycles. The number of benzene rings is 2. The van der Waals surface area contributed by atoms with Crippen LogP contribution < -0.4 is 5.73 Å². The highest BCUT2D eigenvalue weighted by Crippen LogP contribution is 2.29. The number of fused-ring (bicyclic) bond motifs is 1. The molecule has 0 amide bonds. The number of aryl methyl sites for hydroxylation is 1. The molecule has 2 N–H and O–H groups in total. The first-order valence-electron chi connectivity index (χ1n) is 7.17. The molecular formula is C18H19FN2. The number of aromatic nitrogens is 1. The van der Waals surface area contributed by atoms with E-state index in [4.69, 9.17) is 5.73 Å². The summed E-state index contributed by atoms with van der Waals surface area (Å²) in [6.45, 7) is 0.546. The summed E-state index contributed by atoms with van der Waals surface area (Å²) in [5.41, 5.74) is 9.41. The Labute approximate surface area is 124 Å². The van der Waals surface area contributed by atoms with Gasteiger partial charge in [-0.3, -0.25) is 0 Å². The van der Waals surface area contributed by atoms with Gasteiger partial charge >= 0.3 is 0 Å². The number of hydrogen-bond acceptors (Lipinski definition) is 1. The van der Waals surface area contributed by atoms with Crippen molar-refractivity contribution in [3.63, 3.8) is 0 Å². The number of nitrogens with zero attached hydrogens (tertiary/aromatic N) is 1. The van der Waals surface area contributed by atoms with Gasteiger partial charge in [0.05, 0.1) is 0 Å². The molecule has 0 spiro atoms. The maximum atomic E-state index is 13.3. The highest BCUT2D eigenvalue weighted by molar-refractivity contribution is 5.84. The molecule has 1 aromatic heterocycles. The topological polar surface area (TPSA) is 30.9 Å². The van der Waals surface area contributed by atoms with Gasteiger partial charge in [-0.15, -0.1) is 0 Å². The summed E-state index contributed by atoms with van der Waals surface area (Å²) < 4.78 is 15.5. The van der Waals surface area contributed by atoms with Crippen LogP contribution >= 0.6 is 0 Å². The molecule has 0 saturated heterocycles. The average molecular weight is 282 g/mol. The van der Waals surface area contributed by atoms with E-state index in [-0.39, 0.29) is 11.7 Å². The van der Waals surface area contributed by atoms with Gasteiger partial charge in [0.25, 0.3) is 0 Å². The van der Waals surface area contributed by atoms with Crippen LogP contribution in [0.4, 0.5) is 4.39 Å². The molecular weight excluding hydrogens is 263 g/mol. The van der Waals surface area contributed by atoms with Crippen LogP contribution in [0, 0.1) is 5.82 Å². The first-order chi connectivity index (χ1) is 10.2. The van der Waals surface area contributed by atoms with E-state index in [1.807, 2.05) is 25.2 Å². The van der Waals surface area contributed by atoms with Crippen molar-refractivity contribution in [3.8, 4) is 0 Å². The largest absolute Gasteiger partial charge is 0.350 e. The Balaban J connectivity index is 1.99. The van der Waals surface area contributed by atoms with E-state index >= 15 is 0 Å². The molecule has 0 fully saturated rings. The number of rotatable bonds is 4. The summed E-state index contributed by atoms with van der Waals surface area (Å²) in [7, 11) is 2.04. The van der Waals surface area contributed by atoms with Gasteiger partial charge in [-0.25, -0.2) is 4.39 Å². The molecule has 1 heterocycles. The third kappa shape index (κ3) is 2.69. The van der Waals surface area contributed by atoms with Crippen LogP contribution in [-0.4, -0.2) is 11.1 Å². The minimum atomic E-state index is -0.193. The third-order valence-corrected chi connectivity index (χ3v) is 4.02. The first-order valence-corrected chi connectivity index (χ1v) is 7.17. The Hall–Kier alpha value is -2.13. The monoisotopic (exact) mass is 282 g/mol. The Bertz CT molecular complexity index is 761. The minimum Gasteiger partial charge on any atom is -0.350 e. The standard InChI is InChI=1S/C18H19FN2/c1-21-12-17(16-7-2-3-8-18(16)21)14(11-20)9-13-5-4-6-15(19)10-13/h2-8,10,12,14H,9,11,20H2,1H3. The SMILES string of the molecule is Cn1cc(C(CN)Cc2cccc(F)c2)c2ccccc21. The molecule has 0 radical (unpaired) electrons. The van der Waals surface area contributed by atoms with Gasteiger partial charge in [0.1, 0.15) is 5.82 Å². The van der Waals surface area contributed by atoms with E-state index in [1.165, 1.54) is 22.5 Å². The molecule has 3 aromatic rings. The highest BCUT2D eigenvalue weighted by Gasteiger charge is 2.16. The number of nitrogens with two attached hydrogens (primary N) is 1. The normalized spacial score (nSPS) is 12.7. The van der Waals surface area contributed by atoms with Crippen molar-refractivity contribution < 1.29 is 4.39 Å². The van der Waals surface area contributed by atoms with Crippen LogP contribution in [0.3, 0.4) is 0 Å². The van der Waals surface area contributed by atoms with E-state index in [9.17, 15) is 4.39 Å². The number of halogens is 1. The van der Waals surface area contributed by atoms with E-state index in [1.54, 1.807) is 12.1 Å². The fourth-order valence-corrected chi connectivity index (χ4v) is 2.97. The molecule has 3 heteroatoms. The maximum absolute atomic E-state index is 13.3. The molecule has 0 aliphatic heterocycles. The lowest BCUT2D eigenvalue weighted by atomic mass is 9.92. The third-order valence-electron chi connectivity index (χ3n) is 4.02. The molecule has 1 unspecified atom stereocenters. The van der Waals surface area contributed by atoms with Crippen LogP contribution in [-0.2, 0) is 13.5 Å². The van der Waals surface area contributed by atoms with Crippen molar-refractivity contribution >= 4 is 10.9 Å². The fraction of sp³-hybridized carbons (Fsp3) is 0.222. The second kappa shape index (κ2) is 5.70. The molecule has 0 aliphatic carbocycles. The van der Waals surface area contributed by atoms with Crippen molar-refractivity contribution in [1.82, 2.24) is 4.57 Å². The van der Waals surface area contributed by atoms with Gasteiger partial charge in [0, 0.05) is 30.1 Å². The van der Waals surface area contributed by atoms with Crippen molar-refractivity contribution in [2.45, 2.75) is 12.3 Å². The quantitative estimate of drug-likeness (QED) is 0.778. The van der Waals surface area contributed by atoms with E-state index < -0.39 is 0 Å². The van der Waals surface area contributed by atoms with Gasteiger partial charge in [-0.05, 0) is 42.3 Å². The summed E-state index contributed by atoms with van der Waals surface area (Å²) in [6.07, 6.45) is 2.89. The second-order valence-corrected chi connectivity index (χ2v) is 5.48. The van der Waals surface area contributed by atoms with Gasteiger partial charge in [0.15, 0.2) is 0 Å². The van der Waals surface area contributed by atoms with E-state index in [2.05, 4.69) is 22.9 Å². The van der Waals surface area contributed by atoms with Crippen LogP contribution in [0.5, 0.6) is 0 Å².